The van der Waals surface area contributed by atoms with Crippen LogP contribution in [0, 0.1) is 13.8 Å². The Bertz CT molecular complexity index is 711. The average molecular weight is 289 g/mol. The fraction of sp³-hybridized carbons (Fsp3) is 0.500. The molecular weight excluding hydrogens is 270 g/mol. The Labute approximate surface area is 122 Å². The van der Waals surface area contributed by atoms with E-state index in [0.717, 1.165) is 22.6 Å². The van der Waals surface area contributed by atoms with Gasteiger partial charge in [0.2, 0.25) is 0 Å². The van der Waals surface area contributed by atoms with Crippen LogP contribution in [0.15, 0.2) is 12.3 Å². The predicted octanol–water partition coefficient (Wildman–Crippen LogP) is 0.334. The van der Waals surface area contributed by atoms with E-state index >= 15 is 0 Å². The largest absolute Gasteiger partial charge is 0.480 e. The molecule has 2 aromatic rings. The average Bonchev–Trinajstić information content (AvgIpc) is 2.96. The first-order valence-corrected chi connectivity index (χ1v) is 6.94. The number of nitrogens with zero attached hydrogens (tertiary/aromatic N) is 4. The molecule has 21 heavy (non-hydrogen) atoms. The molecule has 0 amide bonds. The van der Waals surface area contributed by atoms with Crippen LogP contribution in [0.2, 0.25) is 0 Å². The third kappa shape index (κ3) is 2.38. The van der Waals surface area contributed by atoms with Gasteiger partial charge in [0, 0.05) is 36.6 Å². The molecule has 3 N–H and O–H groups in total. The van der Waals surface area contributed by atoms with Gasteiger partial charge in [0.1, 0.15) is 5.54 Å². The minimum absolute atomic E-state index is 0.352. The van der Waals surface area contributed by atoms with Gasteiger partial charge in [-0.2, -0.15) is 5.10 Å². The molecule has 0 aromatic carbocycles. The maximum Gasteiger partial charge on any atom is 0.325 e. The molecule has 0 spiro atoms. The van der Waals surface area contributed by atoms with Crippen LogP contribution < -0.4 is 5.73 Å². The van der Waals surface area contributed by atoms with Crippen molar-refractivity contribution in [3.05, 3.63) is 29.2 Å². The molecule has 0 radical (unpaired) electrons. The number of hydrogen-bond donors (Lipinski definition) is 2. The van der Waals surface area contributed by atoms with Gasteiger partial charge in [0.25, 0.3) is 0 Å². The van der Waals surface area contributed by atoms with Crippen molar-refractivity contribution >= 4 is 11.6 Å². The number of carbonyl (C=O) groups is 1. The lowest BCUT2D eigenvalue weighted by Crippen LogP contribution is -2.50. The zero-order valence-corrected chi connectivity index (χ0v) is 12.2. The Morgan fingerprint density at radius 3 is 2.95 bits per heavy atom. The highest BCUT2D eigenvalue weighted by atomic mass is 16.4. The first kappa shape index (κ1) is 14.0. The van der Waals surface area contributed by atoms with Crippen molar-refractivity contribution in [3.63, 3.8) is 0 Å². The van der Waals surface area contributed by atoms with E-state index in [9.17, 15) is 9.90 Å². The molecule has 0 aliphatic carbocycles. The summed E-state index contributed by atoms with van der Waals surface area (Å²) in [4.78, 5) is 17.8. The summed E-state index contributed by atoms with van der Waals surface area (Å²) in [5.41, 5.74) is 8.57. The molecule has 1 unspecified atom stereocenters. The number of hydrogen-bond acceptors (Lipinski definition) is 5. The molecule has 7 nitrogen and oxygen atoms in total. The number of rotatable bonds is 3. The van der Waals surface area contributed by atoms with Crippen LogP contribution in [0.3, 0.4) is 0 Å². The predicted molar refractivity (Wildman–Crippen MR) is 76.9 cm³/mol. The van der Waals surface area contributed by atoms with Crippen LogP contribution in [-0.2, 0) is 11.3 Å². The summed E-state index contributed by atoms with van der Waals surface area (Å²) in [6.07, 6.45) is 2.26. The number of carboxylic acids is 1. The number of aliphatic carboxylic acids is 1. The second-order valence-electron chi connectivity index (χ2n) is 5.87. The molecule has 2 aromatic heterocycles. The van der Waals surface area contributed by atoms with E-state index in [4.69, 9.17) is 5.73 Å². The Morgan fingerprint density at radius 2 is 2.29 bits per heavy atom. The van der Waals surface area contributed by atoms with Gasteiger partial charge in [-0.1, -0.05) is 0 Å². The van der Waals surface area contributed by atoms with Crippen LogP contribution in [0.1, 0.15) is 23.4 Å². The molecule has 0 saturated carbocycles. The molecular formula is C14H19N5O2. The van der Waals surface area contributed by atoms with E-state index in [-0.39, 0.29) is 0 Å². The zero-order chi connectivity index (χ0) is 15.2. The summed E-state index contributed by atoms with van der Waals surface area (Å²) >= 11 is 0. The molecule has 7 heteroatoms. The summed E-state index contributed by atoms with van der Waals surface area (Å²) < 4.78 is 1.81. The van der Waals surface area contributed by atoms with Crippen LogP contribution in [0.25, 0.3) is 5.65 Å². The highest BCUT2D eigenvalue weighted by molar-refractivity contribution is 5.79. The van der Waals surface area contributed by atoms with Crippen LogP contribution in [0.5, 0.6) is 0 Å². The van der Waals surface area contributed by atoms with Crippen molar-refractivity contribution < 1.29 is 9.90 Å². The molecule has 1 fully saturated rings. The van der Waals surface area contributed by atoms with Gasteiger partial charge < -0.3 is 10.8 Å². The fourth-order valence-electron chi connectivity index (χ4n) is 2.89. The van der Waals surface area contributed by atoms with E-state index in [1.165, 1.54) is 0 Å². The van der Waals surface area contributed by atoms with Crippen LogP contribution >= 0.6 is 0 Å². The van der Waals surface area contributed by atoms with Gasteiger partial charge in [-0.3, -0.25) is 9.69 Å². The highest BCUT2D eigenvalue weighted by Gasteiger charge is 2.41. The van der Waals surface area contributed by atoms with Crippen molar-refractivity contribution in [1.82, 2.24) is 19.5 Å². The van der Waals surface area contributed by atoms with Crippen molar-refractivity contribution in [3.8, 4) is 0 Å². The van der Waals surface area contributed by atoms with Crippen molar-refractivity contribution in [2.24, 2.45) is 5.73 Å². The molecule has 112 valence electrons. The van der Waals surface area contributed by atoms with Crippen molar-refractivity contribution in [1.29, 1.82) is 0 Å². The van der Waals surface area contributed by atoms with Crippen LogP contribution in [-0.4, -0.2) is 49.2 Å². The van der Waals surface area contributed by atoms with Crippen LogP contribution in [0.4, 0.5) is 0 Å². The minimum atomic E-state index is -1.14. The molecule has 1 saturated heterocycles. The Morgan fingerprint density at radius 1 is 1.52 bits per heavy atom. The van der Waals surface area contributed by atoms with Gasteiger partial charge in [0.05, 0.1) is 6.20 Å². The third-order valence-corrected chi connectivity index (χ3v) is 4.05. The zero-order valence-electron chi connectivity index (χ0n) is 12.2. The molecule has 3 rings (SSSR count). The molecule has 1 aliphatic heterocycles. The maximum absolute atomic E-state index is 11.2. The smallest absolute Gasteiger partial charge is 0.325 e. The number of aryl methyl sites for hydroxylation is 2. The van der Waals surface area contributed by atoms with Gasteiger partial charge in [-0.15, -0.1) is 0 Å². The normalized spacial score (nSPS) is 23.0. The lowest BCUT2D eigenvalue weighted by atomic mass is 10.0. The summed E-state index contributed by atoms with van der Waals surface area (Å²) in [7, 11) is 0. The number of carboxylic acid groups (broad SMARTS) is 1. The summed E-state index contributed by atoms with van der Waals surface area (Å²) in [6, 6.07) is 1.98. The van der Waals surface area contributed by atoms with Crippen molar-refractivity contribution in [2.45, 2.75) is 32.4 Å². The van der Waals surface area contributed by atoms with E-state index in [1.807, 2.05) is 29.3 Å². The molecule has 1 atom stereocenters. The first-order chi connectivity index (χ1) is 9.89. The summed E-state index contributed by atoms with van der Waals surface area (Å²) in [6.45, 7) is 5.58. The van der Waals surface area contributed by atoms with E-state index in [1.54, 1.807) is 6.20 Å². The van der Waals surface area contributed by atoms with Gasteiger partial charge in [-0.05, 0) is 26.3 Å². The minimum Gasteiger partial charge on any atom is -0.480 e. The Balaban J connectivity index is 1.85. The monoisotopic (exact) mass is 289 g/mol. The number of nitrogens with two attached hydrogens (primary N) is 1. The van der Waals surface area contributed by atoms with Gasteiger partial charge in [0.15, 0.2) is 5.65 Å². The van der Waals surface area contributed by atoms with E-state index in [2.05, 4.69) is 10.1 Å². The Hall–Kier alpha value is -1.99. The standard InChI is InChI=1S/C14H19N5O2/c1-9-5-10(2)19-12(17-9)11(6-16-19)7-18-4-3-14(15,8-18)13(20)21/h5-6H,3-4,7-8,15H2,1-2H3,(H,20,21). The topological polar surface area (TPSA) is 96.8 Å². The number of aromatic nitrogens is 3. The third-order valence-electron chi connectivity index (χ3n) is 4.05. The molecule has 0 bridgehead atoms. The summed E-state index contributed by atoms with van der Waals surface area (Å²) in [5.74, 6) is -0.935. The second kappa shape index (κ2) is 4.78. The number of likely N-dealkylation sites (tertiary alicyclic amines) is 1. The molecule has 1 aliphatic rings. The highest BCUT2D eigenvalue weighted by Crippen LogP contribution is 2.22. The fourth-order valence-corrected chi connectivity index (χ4v) is 2.89. The summed E-state index contributed by atoms with van der Waals surface area (Å²) in [5, 5.41) is 13.5. The maximum atomic E-state index is 11.2. The second-order valence-corrected chi connectivity index (χ2v) is 5.87. The van der Waals surface area contributed by atoms with E-state index in [0.29, 0.717) is 26.1 Å². The van der Waals surface area contributed by atoms with E-state index < -0.39 is 11.5 Å². The van der Waals surface area contributed by atoms with Crippen molar-refractivity contribution in [2.75, 3.05) is 13.1 Å². The Kier molecular flexibility index (Phi) is 3.18. The van der Waals surface area contributed by atoms with Gasteiger partial charge in [-0.25, -0.2) is 9.50 Å². The quantitative estimate of drug-likeness (QED) is 0.845. The first-order valence-electron chi connectivity index (χ1n) is 6.94. The number of fused-ring (bicyclic) bond motifs is 1. The van der Waals surface area contributed by atoms with Gasteiger partial charge >= 0.3 is 5.97 Å². The molecule has 3 heterocycles. The lowest BCUT2D eigenvalue weighted by Gasteiger charge is -2.19. The SMILES string of the molecule is Cc1cc(C)n2ncc(CN3CCC(N)(C(=O)O)C3)c2n1. The lowest BCUT2D eigenvalue weighted by molar-refractivity contribution is -0.142.